The summed E-state index contributed by atoms with van der Waals surface area (Å²) in [7, 11) is 0. The summed E-state index contributed by atoms with van der Waals surface area (Å²) in [4.78, 5) is 0. The van der Waals surface area contributed by atoms with Gasteiger partial charge in [-0.1, -0.05) is 64.7 Å². The molecular formula is C18H39N3. The second-order valence-corrected chi connectivity index (χ2v) is 6.59. The predicted octanol–water partition coefficient (Wildman–Crippen LogP) is 3.80. The van der Waals surface area contributed by atoms with Gasteiger partial charge in [0.05, 0.1) is 0 Å². The van der Waals surface area contributed by atoms with E-state index in [0.717, 1.165) is 12.7 Å². The van der Waals surface area contributed by atoms with E-state index in [1.807, 2.05) is 0 Å². The third kappa shape index (κ3) is 12.1. The molecule has 0 aliphatic carbocycles. The molecule has 1 aliphatic rings. The summed E-state index contributed by atoms with van der Waals surface area (Å²) in [6.07, 6.45) is 16.8. The van der Waals surface area contributed by atoms with Crippen LogP contribution >= 0.6 is 0 Å². The van der Waals surface area contributed by atoms with Gasteiger partial charge in [-0.2, -0.15) is 0 Å². The van der Waals surface area contributed by atoms with Crippen LogP contribution in [0.1, 0.15) is 84.0 Å². The molecule has 126 valence electrons. The zero-order valence-electron chi connectivity index (χ0n) is 14.4. The number of rotatable bonds is 14. The van der Waals surface area contributed by atoms with Gasteiger partial charge >= 0.3 is 0 Å². The molecule has 0 bridgehead atoms. The van der Waals surface area contributed by atoms with E-state index >= 15 is 0 Å². The highest BCUT2D eigenvalue weighted by atomic mass is 15.1. The molecule has 3 N–H and O–H groups in total. The molecule has 0 aromatic rings. The Hall–Kier alpha value is -0.120. The minimum Gasteiger partial charge on any atom is -0.317 e. The van der Waals surface area contributed by atoms with E-state index in [2.05, 4.69) is 22.9 Å². The van der Waals surface area contributed by atoms with E-state index in [-0.39, 0.29) is 0 Å². The molecule has 3 heteroatoms. The zero-order valence-corrected chi connectivity index (χ0v) is 14.4. The maximum absolute atomic E-state index is 3.61. The summed E-state index contributed by atoms with van der Waals surface area (Å²) in [5.41, 5.74) is 0. The molecular weight excluding hydrogens is 258 g/mol. The Morgan fingerprint density at radius 1 is 0.810 bits per heavy atom. The summed E-state index contributed by atoms with van der Waals surface area (Å²) in [6, 6.07) is 0.728. The molecule has 21 heavy (non-hydrogen) atoms. The summed E-state index contributed by atoms with van der Waals surface area (Å²) in [6.45, 7) is 6.80. The third-order valence-corrected chi connectivity index (χ3v) is 4.56. The number of nitrogens with one attached hydrogen (secondary N) is 3. The highest BCUT2D eigenvalue weighted by Crippen LogP contribution is 2.10. The van der Waals surface area contributed by atoms with Crippen LogP contribution in [-0.4, -0.2) is 32.3 Å². The second-order valence-electron chi connectivity index (χ2n) is 6.59. The van der Waals surface area contributed by atoms with Crippen molar-refractivity contribution in [1.29, 1.82) is 0 Å². The van der Waals surface area contributed by atoms with Gasteiger partial charge in [-0.05, 0) is 38.9 Å². The van der Waals surface area contributed by atoms with E-state index in [9.17, 15) is 0 Å². The van der Waals surface area contributed by atoms with Crippen molar-refractivity contribution >= 4 is 0 Å². The highest BCUT2D eigenvalue weighted by Gasteiger charge is 2.10. The average Bonchev–Trinajstić information content (AvgIpc) is 2.53. The molecule has 0 spiro atoms. The summed E-state index contributed by atoms with van der Waals surface area (Å²) in [5.74, 6) is 0. The van der Waals surface area contributed by atoms with Crippen molar-refractivity contribution in [2.24, 2.45) is 0 Å². The zero-order chi connectivity index (χ0) is 15.0. The third-order valence-electron chi connectivity index (χ3n) is 4.56. The number of piperidine rings is 1. The normalized spacial score (nSPS) is 16.4. The fourth-order valence-corrected chi connectivity index (χ4v) is 3.07. The van der Waals surface area contributed by atoms with Gasteiger partial charge in [0.1, 0.15) is 0 Å². The van der Waals surface area contributed by atoms with Gasteiger partial charge in [-0.3, -0.25) is 0 Å². The molecule has 0 saturated carbocycles. The molecule has 1 saturated heterocycles. The standard InChI is InChI=1S/C18H39N3/c1-2-3-4-5-6-7-8-9-10-11-14-20-17-21-18-12-15-19-16-13-18/h18-21H,2-17H2,1H3. The van der Waals surface area contributed by atoms with Gasteiger partial charge in [-0.15, -0.1) is 0 Å². The Morgan fingerprint density at radius 3 is 2.00 bits per heavy atom. The van der Waals surface area contributed by atoms with Crippen molar-refractivity contribution in [3.05, 3.63) is 0 Å². The van der Waals surface area contributed by atoms with Crippen LogP contribution in [0.25, 0.3) is 0 Å². The molecule has 1 aliphatic heterocycles. The van der Waals surface area contributed by atoms with Crippen LogP contribution < -0.4 is 16.0 Å². The Morgan fingerprint density at radius 2 is 1.38 bits per heavy atom. The van der Waals surface area contributed by atoms with Gasteiger partial charge in [0.25, 0.3) is 0 Å². The fourth-order valence-electron chi connectivity index (χ4n) is 3.07. The molecule has 0 aromatic heterocycles. The SMILES string of the molecule is CCCCCCCCCCCCNCNC1CCNCC1. The maximum Gasteiger partial charge on any atom is 0.0456 e. The first-order valence-corrected chi connectivity index (χ1v) is 9.58. The lowest BCUT2D eigenvalue weighted by Gasteiger charge is -2.23. The molecule has 3 nitrogen and oxygen atoms in total. The molecule has 0 radical (unpaired) electrons. The van der Waals surface area contributed by atoms with Crippen molar-refractivity contribution < 1.29 is 0 Å². The van der Waals surface area contributed by atoms with Crippen molar-refractivity contribution in [2.75, 3.05) is 26.3 Å². The van der Waals surface area contributed by atoms with Crippen LogP contribution in [0.5, 0.6) is 0 Å². The lowest BCUT2D eigenvalue weighted by Crippen LogP contribution is -2.43. The Kier molecular flexibility index (Phi) is 13.3. The molecule has 1 rings (SSSR count). The van der Waals surface area contributed by atoms with E-state index in [1.165, 1.54) is 96.7 Å². The fraction of sp³-hybridized carbons (Fsp3) is 1.00. The number of hydrogen-bond donors (Lipinski definition) is 3. The molecule has 0 amide bonds. The van der Waals surface area contributed by atoms with Gasteiger partial charge < -0.3 is 16.0 Å². The van der Waals surface area contributed by atoms with Crippen LogP contribution in [0.4, 0.5) is 0 Å². The lowest BCUT2D eigenvalue weighted by molar-refractivity contribution is 0.375. The van der Waals surface area contributed by atoms with Crippen LogP contribution in [-0.2, 0) is 0 Å². The van der Waals surface area contributed by atoms with Crippen molar-refractivity contribution in [3.8, 4) is 0 Å². The van der Waals surface area contributed by atoms with E-state index < -0.39 is 0 Å². The van der Waals surface area contributed by atoms with Crippen LogP contribution in [0, 0.1) is 0 Å². The Labute approximate surface area is 133 Å². The highest BCUT2D eigenvalue weighted by molar-refractivity contribution is 4.73. The van der Waals surface area contributed by atoms with Crippen molar-refractivity contribution in [3.63, 3.8) is 0 Å². The summed E-state index contributed by atoms with van der Waals surface area (Å²) < 4.78 is 0. The minimum absolute atomic E-state index is 0.728. The van der Waals surface area contributed by atoms with E-state index in [4.69, 9.17) is 0 Å². The van der Waals surface area contributed by atoms with Crippen LogP contribution in [0.2, 0.25) is 0 Å². The molecule has 1 fully saturated rings. The second kappa shape index (κ2) is 14.8. The molecule has 0 unspecified atom stereocenters. The van der Waals surface area contributed by atoms with E-state index in [1.54, 1.807) is 0 Å². The maximum atomic E-state index is 3.61. The first-order chi connectivity index (χ1) is 10.4. The summed E-state index contributed by atoms with van der Waals surface area (Å²) in [5, 5.41) is 10.5. The van der Waals surface area contributed by atoms with Crippen molar-refractivity contribution in [1.82, 2.24) is 16.0 Å². The smallest absolute Gasteiger partial charge is 0.0456 e. The Balaban J connectivity index is 1.69. The number of unbranched alkanes of at least 4 members (excludes halogenated alkanes) is 9. The lowest BCUT2D eigenvalue weighted by atomic mass is 10.1. The van der Waals surface area contributed by atoms with E-state index in [0.29, 0.717) is 0 Å². The Bertz CT molecular complexity index is 203. The topological polar surface area (TPSA) is 36.1 Å². The van der Waals surface area contributed by atoms with Crippen molar-refractivity contribution in [2.45, 2.75) is 90.0 Å². The van der Waals surface area contributed by atoms with Gasteiger partial charge in [0.2, 0.25) is 0 Å². The first-order valence-electron chi connectivity index (χ1n) is 9.58. The van der Waals surface area contributed by atoms with Gasteiger partial charge in [-0.25, -0.2) is 0 Å². The monoisotopic (exact) mass is 297 g/mol. The van der Waals surface area contributed by atoms with Gasteiger partial charge in [0.15, 0.2) is 0 Å². The first kappa shape index (κ1) is 18.9. The van der Waals surface area contributed by atoms with Crippen LogP contribution in [0.15, 0.2) is 0 Å². The quantitative estimate of drug-likeness (QED) is 0.337. The van der Waals surface area contributed by atoms with Gasteiger partial charge in [0, 0.05) is 12.7 Å². The largest absolute Gasteiger partial charge is 0.317 e. The van der Waals surface area contributed by atoms with Crippen LogP contribution in [0.3, 0.4) is 0 Å². The molecule has 1 heterocycles. The number of hydrogen-bond acceptors (Lipinski definition) is 3. The minimum atomic E-state index is 0.728. The molecule has 0 atom stereocenters. The molecule has 0 aromatic carbocycles. The predicted molar refractivity (Wildman–Crippen MR) is 93.7 cm³/mol. The average molecular weight is 298 g/mol. The summed E-state index contributed by atoms with van der Waals surface area (Å²) >= 11 is 0.